The van der Waals surface area contributed by atoms with Crippen LogP contribution >= 0.6 is 0 Å². The van der Waals surface area contributed by atoms with Gasteiger partial charge in [-0.3, -0.25) is 14.4 Å². The van der Waals surface area contributed by atoms with E-state index < -0.39 is 35.4 Å². The van der Waals surface area contributed by atoms with Gasteiger partial charge in [0.05, 0.1) is 17.9 Å². The van der Waals surface area contributed by atoms with Gasteiger partial charge in [-0.2, -0.15) is 0 Å². The molecule has 2 aromatic rings. The van der Waals surface area contributed by atoms with Gasteiger partial charge in [0.25, 0.3) is 0 Å². The Hall–Kier alpha value is -3.52. The van der Waals surface area contributed by atoms with Crippen molar-refractivity contribution in [1.82, 2.24) is 10.2 Å². The number of fused-ring (bicyclic) bond motifs is 1. The van der Waals surface area contributed by atoms with Crippen molar-refractivity contribution in [2.75, 3.05) is 5.32 Å². The third-order valence-electron chi connectivity index (χ3n) is 10.1. The van der Waals surface area contributed by atoms with Gasteiger partial charge in [0.2, 0.25) is 17.7 Å². The van der Waals surface area contributed by atoms with Crippen LogP contribution in [0.4, 0.5) is 10.1 Å². The number of nitrogens with one attached hydrogen (secondary N) is 2. The zero-order chi connectivity index (χ0) is 29.8. The number of hydrogen-bond donors (Lipinski definition) is 2. The van der Waals surface area contributed by atoms with Crippen LogP contribution in [-0.2, 0) is 25.7 Å². The van der Waals surface area contributed by atoms with Gasteiger partial charge in [-0.15, -0.1) is 0 Å². The Bertz CT molecular complexity index is 1410. The highest BCUT2D eigenvalue weighted by Crippen LogP contribution is 2.55. The van der Waals surface area contributed by atoms with Crippen molar-refractivity contribution in [3.05, 3.63) is 77.6 Å². The summed E-state index contributed by atoms with van der Waals surface area (Å²) in [5, 5.41) is 6.21. The van der Waals surface area contributed by atoms with Gasteiger partial charge in [0.15, 0.2) is 0 Å². The number of carbonyl (C=O) groups excluding carboxylic acids is 3. The summed E-state index contributed by atoms with van der Waals surface area (Å²) in [6, 6.07) is 12.9. The van der Waals surface area contributed by atoms with Gasteiger partial charge in [0, 0.05) is 23.8 Å². The Morgan fingerprint density at radius 2 is 1.81 bits per heavy atom. The first-order valence-electron chi connectivity index (χ1n) is 15.2. The number of hydrogen-bond acceptors (Lipinski definition) is 4. The molecule has 3 fully saturated rings. The highest BCUT2D eigenvalue weighted by atomic mass is 19.1. The van der Waals surface area contributed by atoms with Crippen molar-refractivity contribution >= 4 is 23.4 Å². The molecule has 8 atom stereocenters. The van der Waals surface area contributed by atoms with Gasteiger partial charge in [-0.05, 0) is 47.9 Å². The Labute approximate surface area is 246 Å². The fourth-order valence-corrected chi connectivity index (χ4v) is 7.47. The molecule has 2 N–H and O–H groups in total. The maximum atomic E-state index is 14.8. The lowest BCUT2D eigenvalue weighted by Gasteiger charge is -2.38. The van der Waals surface area contributed by atoms with Crippen molar-refractivity contribution < 1.29 is 23.5 Å². The van der Waals surface area contributed by atoms with Crippen LogP contribution in [0.5, 0.6) is 0 Å². The van der Waals surface area contributed by atoms with E-state index in [0.717, 1.165) is 24.8 Å². The minimum absolute atomic E-state index is 0.0300. The number of rotatable bonds is 7. The third kappa shape index (κ3) is 4.74. The van der Waals surface area contributed by atoms with Gasteiger partial charge in [-0.1, -0.05) is 83.0 Å². The van der Waals surface area contributed by atoms with E-state index in [-0.39, 0.29) is 36.2 Å². The Morgan fingerprint density at radius 1 is 1.07 bits per heavy atom. The fourth-order valence-electron chi connectivity index (χ4n) is 7.47. The second-order valence-corrected chi connectivity index (χ2v) is 12.9. The Kier molecular flexibility index (Phi) is 7.46. The SMILES string of the molecule is CC(C)c1ccc(NC(=O)[C@H]2[C@H]3C=C[C@@]4(O3)[C@H]2C(=O)N(Cc2ccccc2F)[C@@H]4C(=O)N[C@@H]2CCC[C@@H](C)[C@@H]2C)cc1. The molecule has 7 nitrogen and oxygen atoms in total. The highest BCUT2D eigenvalue weighted by molar-refractivity contribution is 6.02. The third-order valence-corrected chi connectivity index (χ3v) is 10.1. The van der Waals surface area contributed by atoms with E-state index >= 15 is 0 Å². The van der Waals surface area contributed by atoms with Gasteiger partial charge in [0.1, 0.15) is 17.5 Å². The first kappa shape index (κ1) is 28.6. The Morgan fingerprint density at radius 3 is 2.52 bits per heavy atom. The van der Waals surface area contributed by atoms with Crippen molar-refractivity contribution in [3.8, 4) is 0 Å². The number of benzene rings is 2. The fraction of sp³-hybridized carbons (Fsp3) is 0.500. The number of likely N-dealkylation sites (tertiary alicyclic amines) is 1. The molecule has 2 saturated heterocycles. The maximum absolute atomic E-state index is 14.8. The highest BCUT2D eigenvalue weighted by Gasteiger charge is 2.72. The maximum Gasteiger partial charge on any atom is 0.246 e. The molecular formula is C34H40FN3O4. The lowest BCUT2D eigenvalue weighted by Crippen LogP contribution is -2.57. The molecule has 222 valence electrons. The van der Waals surface area contributed by atoms with Crippen LogP contribution in [0, 0.1) is 29.5 Å². The van der Waals surface area contributed by atoms with E-state index in [1.165, 1.54) is 11.0 Å². The van der Waals surface area contributed by atoms with E-state index in [1.807, 2.05) is 24.3 Å². The van der Waals surface area contributed by atoms with E-state index in [9.17, 15) is 18.8 Å². The number of anilines is 1. The van der Waals surface area contributed by atoms with E-state index in [2.05, 4.69) is 38.3 Å². The summed E-state index contributed by atoms with van der Waals surface area (Å²) in [6.45, 7) is 8.47. The van der Waals surface area contributed by atoms with Gasteiger partial charge < -0.3 is 20.3 Å². The molecule has 0 radical (unpaired) electrons. The molecule has 1 aliphatic carbocycles. The summed E-state index contributed by atoms with van der Waals surface area (Å²) in [6.07, 6.45) is 5.96. The molecule has 2 aromatic carbocycles. The normalized spacial score (nSPS) is 33.2. The smallest absolute Gasteiger partial charge is 0.246 e. The van der Waals surface area contributed by atoms with Crippen LogP contribution in [0.2, 0.25) is 0 Å². The summed E-state index contributed by atoms with van der Waals surface area (Å²) in [7, 11) is 0. The predicted octanol–water partition coefficient (Wildman–Crippen LogP) is 5.18. The standard InChI is InChI=1S/C34H40FN3O4/c1-19(2)22-12-14-24(15-13-22)36-31(39)28-27-16-17-34(42-27)29(28)33(41)38(18-23-9-5-6-10-25(23)35)30(34)32(40)37-26-11-7-8-20(3)21(26)4/h5-6,9-10,12-17,19-21,26-30H,7-8,11,18H2,1-4H3,(H,36,39)(H,37,40)/t20-,21+,26-,27-,28+,29-,30-,34-/m1/s1. The molecule has 3 amide bonds. The zero-order valence-corrected chi connectivity index (χ0v) is 24.7. The van der Waals surface area contributed by atoms with E-state index in [4.69, 9.17) is 4.74 Å². The van der Waals surface area contributed by atoms with Crippen molar-refractivity contribution in [2.45, 2.75) is 83.2 Å². The quantitative estimate of drug-likeness (QED) is 0.447. The van der Waals surface area contributed by atoms with Crippen LogP contribution in [0.15, 0.2) is 60.7 Å². The van der Waals surface area contributed by atoms with E-state index in [0.29, 0.717) is 23.1 Å². The molecular weight excluding hydrogens is 533 g/mol. The van der Waals surface area contributed by atoms with Crippen LogP contribution < -0.4 is 10.6 Å². The number of halogens is 1. The second kappa shape index (κ2) is 11.0. The monoisotopic (exact) mass is 573 g/mol. The topological polar surface area (TPSA) is 87.7 Å². The van der Waals surface area contributed by atoms with Crippen LogP contribution in [0.25, 0.3) is 0 Å². The molecule has 3 aliphatic heterocycles. The number of nitrogens with zero attached hydrogens (tertiary/aromatic N) is 1. The molecule has 3 heterocycles. The summed E-state index contributed by atoms with van der Waals surface area (Å²) >= 11 is 0. The first-order valence-corrected chi connectivity index (χ1v) is 15.2. The van der Waals surface area contributed by atoms with Crippen LogP contribution in [0.1, 0.15) is 64.0 Å². The zero-order valence-electron chi connectivity index (χ0n) is 24.7. The summed E-state index contributed by atoms with van der Waals surface area (Å²) in [5.74, 6) is -2.07. The molecule has 1 saturated carbocycles. The molecule has 6 rings (SSSR count). The molecule has 8 heteroatoms. The summed E-state index contributed by atoms with van der Waals surface area (Å²) < 4.78 is 21.3. The van der Waals surface area contributed by atoms with Gasteiger partial charge >= 0.3 is 0 Å². The van der Waals surface area contributed by atoms with E-state index in [1.54, 1.807) is 30.4 Å². The molecule has 4 aliphatic rings. The van der Waals surface area contributed by atoms with Crippen molar-refractivity contribution in [2.24, 2.45) is 23.7 Å². The minimum Gasteiger partial charge on any atom is -0.359 e. The largest absolute Gasteiger partial charge is 0.359 e. The molecule has 2 bridgehead atoms. The Balaban J connectivity index is 1.31. The number of ether oxygens (including phenoxy) is 1. The molecule has 1 spiro atoms. The number of amides is 3. The summed E-state index contributed by atoms with van der Waals surface area (Å²) in [4.78, 5) is 43.6. The van der Waals surface area contributed by atoms with Crippen molar-refractivity contribution in [3.63, 3.8) is 0 Å². The van der Waals surface area contributed by atoms with Crippen LogP contribution in [-0.4, -0.2) is 46.4 Å². The molecule has 0 aromatic heterocycles. The second-order valence-electron chi connectivity index (χ2n) is 12.9. The van der Waals surface area contributed by atoms with Crippen LogP contribution in [0.3, 0.4) is 0 Å². The minimum atomic E-state index is -1.30. The van der Waals surface area contributed by atoms with Gasteiger partial charge in [-0.25, -0.2) is 4.39 Å². The molecule has 0 unspecified atom stereocenters. The first-order chi connectivity index (χ1) is 20.1. The predicted molar refractivity (Wildman–Crippen MR) is 158 cm³/mol. The average molecular weight is 574 g/mol. The number of carbonyl (C=O) groups is 3. The summed E-state index contributed by atoms with van der Waals surface area (Å²) in [5.41, 5.74) is 0.797. The lowest BCUT2D eigenvalue weighted by atomic mass is 9.73. The molecule has 42 heavy (non-hydrogen) atoms. The van der Waals surface area contributed by atoms with Crippen molar-refractivity contribution in [1.29, 1.82) is 0 Å². The lowest BCUT2D eigenvalue weighted by molar-refractivity contribution is -0.142. The average Bonchev–Trinajstić information content (AvgIpc) is 3.60.